The fourth-order valence-electron chi connectivity index (χ4n) is 2.76. The van der Waals surface area contributed by atoms with E-state index in [0.29, 0.717) is 25.4 Å². The van der Waals surface area contributed by atoms with Crippen molar-refractivity contribution in [2.24, 2.45) is 11.3 Å². The standard InChI is InChI=1S/C13H25NO3S/c1-13(2)10-14(8-6-12(13)15)18(16,17)9-7-11-4-3-5-11/h11-12,15H,3-10H2,1-2H3. The van der Waals surface area contributed by atoms with Crippen LogP contribution in [0.3, 0.4) is 0 Å². The van der Waals surface area contributed by atoms with E-state index in [2.05, 4.69) is 0 Å². The van der Waals surface area contributed by atoms with Crippen molar-refractivity contribution in [2.45, 2.75) is 52.1 Å². The van der Waals surface area contributed by atoms with Crippen LogP contribution in [-0.4, -0.2) is 42.8 Å². The SMILES string of the molecule is CC1(C)CN(S(=O)(=O)CCC2CCC2)CCC1O. The van der Waals surface area contributed by atoms with Crippen LogP contribution in [0.5, 0.6) is 0 Å². The highest BCUT2D eigenvalue weighted by Gasteiger charge is 2.39. The first kappa shape index (κ1) is 14.3. The predicted octanol–water partition coefficient (Wildman–Crippen LogP) is 1.60. The van der Waals surface area contributed by atoms with Crippen molar-refractivity contribution in [3.63, 3.8) is 0 Å². The average Bonchev–Trinajstić information content (AvgIpc) is 2.19. The molecule has 5 heteroatoms. The first-order chi connectivity index (χ1) is 8.31. The average molecular weight is 275 g/mol. The summed E-state index contributed by atoms with van der Waals surface area (Å²) in [6.45, 7) is 4.79. The first-order valence-electron chi connectivity index (χ1n) is 6.97. The summed E-state index contributed by atoms with van der Waals surface area (Å²) in [6.07, 6.45) is 4.61. The van der Waals surface area contributed by atoms with Gasteiger partial charge in [0.2, 0.25) is 10.0 Å². The first-order valence-corrected chi connectivity index (χ1v) is 8.58. The summed E-state index contributed by atoms with van der Waals surface area (Å²) in [7, 11) is -3.13. The van der Waals surface area contributed by atoms with Gasteiger partial charge in [-0.2, -0.15) is 0 Å². The molecule has 1 atom stereocenters. The van der Waals surface area contributed by atoms with E-state index in [1.54, 1.807) is 4.31 Å². The van der Waals surface area contributed by atoms with Crippen LogP contribution in [0.15, 0.2) is 0 Å². The molecule has 0 aromatic rings. The summed E-state index contributed by atoms with van der Waals surface area (Å²) in [5.74, 6) is 0.910. The third kappa shape index (κ3) is 3.06. The van der Waals surface area contributed by atoms with Gasteiger partial charge in [-0.15, -0.1) is 0 Å². The molecule has 0 bridgehead atoms. The number of piperidine rings is 1. The van der Waals surface area contributed by atoms with E-state index in [4.69, 9.17) is 0 Å². The summed E-state index contributed by atoms with van der Waals surface area (Å²) in [4.78, 5) is 0. The highest BCUT2D eigenvalue weighted by molar-refractivity contribution is 7.89. The maximum absolute atomic E-state index is 12.3. The molecule has 18 heavy (non-hydrogen) atoms. The molecule has 106 valence electrons. The highest BCUT2D eigenvalue weighted by Crippen LogP contribution is 2.33. The van der Waals surface area contributed by atoms with E-state index in [1.807, 2.05) is 13.8 Å². The van der Waals surface area contributed by atoms with Gasteiger partial charge in [0.25, 0.3) is 0 Å². The quantitative estimate of drug-likeness (QED) is 0.848. The van der Waals surface area contributed by atoms with Crippen molar-refractivity contribution < 1.29 is 13.5 Å². The normalized spacial score (nSPS) is 30.1. The Morgan fingerprint density at radius 1 is 1.28 bits per heavy atom. The molecule has 1 aliphatic heterocycles. The molecule has 1 saturated heterocycles. The van der Waals surface area contributed by atoms with Gasteiger partial charge < -0.3 is 5.11 Å². The van der Waals surface area contributed by atoms with E-state index in [0.717, 1.165) is 6.42 Å². The minimum Gasteiger partial charge on any atom is -0.392 e. The second-order valence-electron chi connectivity index (χ2n) is 6.53. The van der Waals surface area contributed by atoms with E-state index in [-0.39, 0.29) is 11.2 Å². The second kappa shape index (κ2) is 5.10. The summed E-state index contributed by atoms with van der Waals surface area (Å²) in [5.41, 5.74) is -0.332. The maximum Gasteiger partial charge on any atom is 0.214 e. The molecule has 0 radical (unpaired) electrons. The molecule has 0 spiro atoms. The van der Waals surface area contributed by atoms with Crippen LogP contribution in [0, 0.1) is 11.3 Å². The molecule has 2 fully saturated rings. The van der Waals surface area contributed by atoms with Gasteiger partial charge >= 0.3 is 0 Å². The van der Waals surface area contributed by atoms with Crippen LogP contribution in [0.1, 0.15) is 46.0 Å². The summed E-state index contributed by atoms with van der Waals surface area (Å²) < 4.78 is 26.1. The molecule has 2 aliphatic rings. The van der Waals surface area contributed by atoms with Crippen LogP contribution in [-0.2, 0) is 10.0 Å². The Bertz CT molecular complexity index is 387. The molecule has 0 aromatic heterocycles. The summed E-state index contributed by atoms with van der Waals surface area (Å²) in [5, 5.41) is 9.86. The van der Waals surface area contributed by atoms with Gasteiger partial charge in [-0.3, -0.25) is 0 Å². The van der Waals surface area contributed by atoms with E-state index >= 15 is 0 Å². The van der Waals surface area contributed by atoms with Gasteiger partial charge in [-0.05, 0) is 18.8 Å². The van der Waals surface area contributed by atoms with Crippen molar-refractivity contribution in [2.75, 3.05) is 18.8 Å². The molecule has 1 saturated carbocycles. The van der Waals surface area contributed by atoms with Gasteiger partial charge in [0.05, 0.1) is 11.9 Å². The van der Waals surface area contributed by atoms with Gasteiger partial charge in [0.1, 0.15) is 0 Å². The molecule has 1 N–H and O–H groups in total. The Morgan fingerprint density at radius 3 is 2.44 bits per heavy atom. The zero-order valence-electron chi connectivity index (χ0n) is 11.4. The van der Waals surface area contributed by atoms with Gasteiger partial charge in [0, 0.05) is 18.5 Å². The van der Waals surface area contributed by atoms with Gasteiger partial charge in [0.15, 0.2) is 0 Å². The highest BCUT2D eigenvalue weighted by atomic mass is 32.2. The Hall–Kier alpha value is -0.130. The third-order valence-electron chi connectivity index (χ3n) is 4.54. The zero-order valence-corrected chi connectivity index (χ0v) is 12.2. The Kier molecular flexibility index (Phi) is 4.04. The predicted molar refractivity (Wildman–Crippen MR) is 71.7 cm³/mol. The van der Waals surface area contributed by atoms with Crippen LogP contribution in [0.2, 0.25) is 0 Å². The van der Waals surface area contributed by atoms with E-state index in [9.17, 15) is 13.5 Å². The Labute approximate surface area is 110 Å². The van der Waals surface area contributed by atoms with Crippen molar-refractivity contribution in [3.8, 4) is 0 Å². The maximum atomic E-state index is 12.3. The molecule has 4 nitrogen and oxygen atoms in total. The summed E-state index contributed by atoms with van der Waals surface area (Å²) in [6, 6.07) is 0. The largest absolute Gasteiger partial charge is 0.392 e. The number of rotatable bonds is 4. The van der Waals surface area contributed by atoms with Crippen molar-refractivity contribution in [1.82, 2.24) is 4.31 Å². The number of aliphatic hydroxyl groups excluding tert-OH is 1. The Morgan fingerprint density at radius 2 is 1.94 bits per heavy atom. The number of nitrogens with zero attached hydrogens (tertiary/aromatic N) is 1. The minimum atomic E-state index is -3.13. The summed E-state index contributed by atoms with van der Waals surface area (Å²) >= 11 is 0. The smallest absolute Gasteiger partial charge is 0.214 e. The fraction of sp³-hybridized carbons (Fsp3) is 1.00. The molecule has 0 amide bonds. The molecule has 1 heterocycles. The van der Waals surface area contributed by atoms with Crippen LogP contribution in [0.25, 0.3) is 0 Å². The molecule has 2 rings (SSSR count). The fourth-order valence-corrected chi connectivity index (χ4v) is 4.56. The molecular formula is C13H25NO3S. The third-order valence-corrected chi connectivity index (χ3v) is 6.39. The molecule has 0 aromatic carbocycles. The second-order valence-corrected chi connectivity index (χ2v) is 8.62. The van der Waals surface area contributed by atoms with E-state index < -0.39 is 16.1 Å². The van der Waals surface area contributed by atoms with Crippen molar-refractivity contribution in [3.05, 3.63) is 0 Å². The molecule has 1 unspecified atom stereocenters. The van der Waals surface area contributed by atoms with Crippen LogP contribution < -0.4 is 0 Å². The minimum absolute atomic E-state index is 0.282. The van der Waals surface area contributed by atoms with Crippen molar-refractivity contribution in [1.29, 1.82) is 0 Å². The molecule has 1 aliphatic carbocycles. The lowest BCUT2D eigenvalue weighted by Gasteiger charge is -2.41. The number of hydrogen-bond acceptors (Lipinski definition) is 3. The van der Waals surface area contributed by atoms with Gasteiger partial charge in [-0.1, -0.05) is 33.1 Å². The Balaban J connectivity index is 1.92. The number of sulfonamides is 1. The monoisotopic (exact) mass is 275 g/mol. The topological polar surface area (TPSA) is 57.6 Å². The van der Waals surface area contributed by atoms with E-state index in [1.165, 1.54) is 19.3 Å². The lowest BCUT2D eigenvalue weighted by molar-refractivity contribution is -0.000348. The van der Waals surface area contributed by atoms with Crippen molar-refractivity contribution >= 4 is 10.0 Å². The molecular weight excluding hydrogens is 250 g/mol. The zero-order chi connectivity index (χ0) is 13.4. The number of hydrogen-bond donors (Lipinski definition) is 1. The van der Waals surface area contributed by atoms with Crippen LogP contribution in [0.4, 0.5) is 0 Å². The lowest BCUT2D eigenvalue weighted by Crippen LogP contribution is -2.51. The van der Waals surface area contributed by atoms with Crippen LogP contribution >= 0.6 is 0 Å². The van der Waals surface area contributed by atoms with Gasteiger partial charge in [-0.25, -0.2) is 12.7 Å². The lowest BCUT2D eigenvalue weighted by atomic mass is 9.82. The number of aliphatic hydroxyl groups is 1.